The average molecular weight is 563 g/mol. The Balaban J connectivity index is 2.44. The van der Waals surface area contributed by atoms with Crippen molar-refractivity contribution in [2.45, 2.75) is 32.9 Å². The van der Waals surface area contributed by atoms with Crippen LogP contribution in [-0.4, -0.2) is 130 Å². The molecule has 1 heterocycles. The van der Waals surface area contributed by atoms with Crippen molar-refractivity contribution in [3.8, 4) is 0 Å². The van der Waals surface area contributed by atoms with Crippen LogP contribution in [0.5, 0.6) is 0 Å². The summed E-state index contributed by atoms with van der Waals surface area (Å²) < 4.78 is 0.254. The summed E-state index contributed by atoms with van der Waals surface area (Å²) >= 11 is 12.9. The van der Waals surface area contributed by atoms with Gasteiger partial charge < -0.3 is 19.8 Å². The fourth-order valence-electron chi connectivity index (χ4n) is 4.77. The summed E-state index contributed by atoms with van der Waals surface area (Å²) in [6, 6.07) is 5.32. The summed E-state index contributed by atoms with van der Waals surface area (Å²) in [5.74, 6) is -2.85. The van der Waals surface area contributed by atoms with Crippen LogP contribution in [0.4, 0.5) is 0 Å². The Hall–Kier alpha value is -1.95. The molecule has 3 N–H and O–H groups in total. The van der Waals surface area contributed by atoms with Crippen LogP contribution in [0.1, 0.15) is 26.3 Å². The van der Waals surface area contributed by atoms with Gasteiger partial charge >= 0.3 is 17.9 Å². The first-order valence-electron chi connectivity index (χ1n) is 12.3. The molecule has 0 aliphatic carbocycles. The number of aliphatic carboxylic acids is 3. The van der Waals surface area contributed by atoms with Gasteiger partial charge in [0.05, 0.1) is 31.7 Å². The summed E-state index contributed by atoms with van der Waals surface area (Å²) in [5.41, 5.74) is 0.336. The number of benzene rings is 1. The van der Waals surface area contributed by atoms with E-state index in [1.54, 1.807) is 28.0 Å². The van der Waals surface area contributed by atoms with E-state index >= 15 is 0 Å². The molecule has 1 aromatic rings. The van der Waals surface area contributed by atoms with Gasteiger partial charge in [-0.3, -0.25) is 24.3 Å². The van der Waals surface area contributed by atoms with Gasteiger partial charge in [-0.25, -0.2) is 4.79 Å². The quantitative estimate of drug-likeness (QED) is 0.410. The van der Waals surface area contributed by atoms with Crippen molar-refractivity contribution in [2.24, 2.45) is 0 Å². The molecule has 1 aliphatic rings. The average Bonchev–Trinajstić information content (AvgIpc) is 2.75. The number of carboxylic acid groups (broad SMARTS) is 3. The van der Waals surface area contributed by atoms with Crippen molar-refractivity contribution < 1.29 is 34.2 Å². The Labute approximate surface area is 228 Å². The van der Waals surface area contributed by atoms with Crippen LogP contribution in [-0.2, 0) is 20.9 Å². The van der Waals surface area contributed by atoms with Crippen LogP contribution >= 0.6 is 23.2 Å². The lowest BCUT2D eigenvalue weighted by atomic mass is 10.00. The van der Waals surface area contributed by atoms with Gasteiger partial charge in [0, 0.05) is 61.4 Å². The largest absolute Gasteiger partial charge is 0.480 e. The Kier molecular flexibility index (Phi) is 11.6. The van der Waals surface area contributed by atoms with Gasteiger partial charge in [0.25, 0.3) is 0 Å². The normalized spacial score (nSPS) is 21.6. The van der Waals surface area contributed by atoms with Crippen molar-refractivity contribution in [1.82, 2.24) is 14.7 Å². The monoisotopic (exact) mass is 561 g/mol. The molecule has 1 aliphatic heterocycles. The third-order valence-corrected chi connectivity index (χ3v) is 7.88. The van der Waals surface area contributed by atoms with E-state index in [4.69, 9.17) is 23.2 Å². The molecule has 0 radical (unpaired) electrons. The zero-order valence-corrected chi connectivity index (χ0v) is 23.3. The predicted octanol–water partition coefficient (Wildman–Crippen LogP) is 2.28. The number of rotatable bonds is 8. The molecule has 0 spiro atoms. The summed E-state index contributed by atoms with van der Waals surface area (Å²) in [6.45, 7) is 9.47. The summed E-state index contributed by atoms with van der Waals surface area (Å²) in [6.07, 6.45) is 0. The molecule has 12 heteroatoms. The Morgan fingerprint density at radius 1 is 0.784 bits per heavy atom. The third-order valence-electron chi connectivity index (χ3n) is 7.18. The van der Waals surface area contributed by atoms with E-state index in [0.29, 0.717) is 68.9 Å². The number of carboxylic acids is 3. The number of halogens is 2. The van der Waals surface area contributed by atoms with Crippen LogP contribution in [0.3, 0.4) is 0 Å². The zero-order valence-electron chi connectivity index (χ0n) is 21.8. The first-order valence-corrected chi connectivity index (χ1v) is 13.1. The van der Waals surface area contributed by atoms with E-state index in [1.165, 1.54) is 0 Å². The first-order chi connectivity index (χ1) is 17.2. The van der Waals surface area contributed by atoms with Gasteiger partial charge in [-0.05, 0) is 32.9 Å². The molecule has 1 unspecified atom stereocenters. The molecule has 2 rings (SSSR count). The van der Waals surface area contributed by atoms with Crippen molar-refractivity contribution >= 4 is 41.1 Å². The first kappa shape index (κ1) is 31.3. The van der Waals surface area contributed by atoms with Crippen LogP contribution in [0, 0.1) is 0 Å². The van der Waals surface area contributed by atoms with E-state index in [0.717, 1.165) is 5.56 Å². The van der Waals surface area contributed by atoms with Gasteiger partial charge in [-0.2, -0.15) is 0 Å². The van der Waals surface area contributed by atoms with E-state index in [9.17, 15) is 29.7 Å². The highest BCUT2D eigenvalue weighted by atomic mass is 35.5. The van der Waals surface area contributed by atoms with Crippen LogP contribution in [0.2, 0.25) is 10.0 Å². The fourth-order valence-corrected chi connectivity index (χ4v) is 5.28. The summed E-state index contributed by atoms with van der Waals surface area (Å²) in [5, 5.41) is 29.8. The van der Waals surface area contributed by atoms with E-state index in [1.807, 2.05) is 20.8 Å². The molecular weight excluding hydrogens is 523 g/mol. The Morgan fingerprint density at radius 3 is 1.65 bits per heavy atom. The minimum absolute atomic E-state index is 0.101. The second-order valence-corrected chi connectivity index (χ2v) is 11.4. The van der Waals surface area contributed by atoms with Crippen LogP contribution in [0.25, 0.3) is 0 Å². The number of hydrogen-bond donors (Lipinski definition) is 3. The van der Waals surface area contributed by atoms with Gasteiger partial charge in [-0.1, -0.05) is 29.3 Å². The van der Waals surface area contributed by atoms with Crippen LogP contribution in [0.15, 0.2) is 18.2 Å². The maximum atomic E-state index is 12.0. The van der Waals surface area contributed by atoms with Gasteiger partial charge in [0.2, 0.25) is 0 Å². The van der Waals surface area contributed by atoms with Gasteiger partial charge in [0.15, 0.2) is 6.54 Å². The second kappa shape index (κ2) is 13.7. The van der Waals surface area contributed by atoms with Gasteiger partial charge in [0.1, 0.15) is 0 Å². The molecule has 1 fully saturated rings. The minimum Gasteiger partial charge on any atom is -0.480 e. The molecule has 0 amide bonds. The summed E-state index contributed by atoms with van der Waals surface area (Å²) in [4.78, 5) is 40.8. The number of nitrogens with zero attached hydrogens (tertiary/aromatic N) is 4. The molecule has 208 valence electrons. The number of hydrogen-bond acceptors (Lipinski definition) is 6. The molecule has 10 nitrogen and oxygen atoms in total. The number of quaternary nitrogens is 1. The molecule has 37 heavy (non-hydrogen) atoms. The molecule has 1 saturated heterocycles. The maximum absolute atomic E-state index is 12.0. The lowest BCUT2D eigenvalue weighted by Crippen LogP contribution is -2.66. The van der Waals surface area contributed by atoms with Crippen molar-refractivity contribution in [1.29, 1.82) is 0 Å². The predicted molar refractivity (Wildman–Crippen MR) is 142 cm³/mol. The van der Waals surface area contributed by atoms with E-state index < -0.39 is 23.4 Å². The Bertz CT molecular complexity index is 937. The van der Waals surface area contributed by atoms with Crippen molar-refractivity contribution in [2.75, 3.05) is 72.0 Å². The lowest BCUT2D eigenvalue weighted by Gasteiger charge is -2.49. The summed E-state index contributed by atoms with van der Waals surface area (Å²) in [7, 11) is 0. The van der Waals surface area contributed by atoms with Crippen molar-refractivity contribution in [3.05, 3.63) is 33.8 Å². The minimum atomic E-state index is -0.980. The smallest absolute Gasteiger partial charge is 0.359 e. The topological polar surface area (TPSA) is 122 Å². The fraction of sp³-hybridized carbons (Fsp3) is 0.640. The zero-order chi connectivity index (χ0) is 27.8. The second-order valence-electron chi connectivity index (χ2n) is 10.6. The number of carbonyl (C=O) groups is 3. The lowest BCUT2D eigenvalue weighted by molar-refractivity contribution is -0.963. The molecule has 1 atom stereocenters. The molecular formula is C25H39Cl2N4O6+. The molecule has 0 saturated carbocycles. The highest BCUT2D eigenvalue weighted by molar-refractivity contribution is 6.35. The van der Waals surface area contributed by atoms with Crippen molar-refractivity contribution in [3.63, 3.8) is 0 Å². The maximum Gasteiger partial charge on any atom is 0.359 e. The molecule has 0 aromatic heterocycles. The molecule has 0 bridgehead atoms. The van der Waals surface area contributed by atoms with E-state index in [2.05, 4.69) is 4.90 Å². The van der Waals surface area contributed by atoms with Gasteiger partial charge in [-0.15, -0.1) is 0 Å². The molecule has 1 aromatic carbocycles. The standard InChI is InChI=1S/C25H38Cl2N4O6/c1-25(2,3)31(18-24(36)37)13-11-29(15-19-20(26)5-4-6-21(19)27)9-7-28(16-22(32)33)8-10-30(12-14-31)17-23(34)35/h4-6H,7-18H2,1-3H3,(H2-,32,33,34,35,36,37)/p+1. The van der Waals surface area contributed by atoms with Crippen LogP contribution < -0.4 is 0 Å². The third kappa shape index (κ3) is 9.70. The SMILES string of the molecule is CC(C)(C)[N+]1(CC(=O)O)CCN(CC(=O)O)CCN(CC(=O)O)CCN(Cc2c(Cl)cccc2Cl)CC1. The van der Waals surface area contributed by atoms with E-state index in [-0.39, 0.29) is 24.1 Å². The highest BCUT2D eigenvalue weighted by Crippen LogP contribution is 2.28. The highest BCUT2D eigenvalue weighted by Gasteiger charge is 2.42. The Morgan fingerprint density at radius 2 is 1.22 bits per heavy atom.